The van der Waals surface area contributed by atoms with Crippen LogP contribution in [0.2, 0.25) is 0 Å². The van der Waals surface area contributed by atoms with E-state index in [-0.39, 0.29) is 47.0 Å². The number of aromatic nitrogens is 6. The highest BCUT2D eigenvalue weighted by Gasteiger charge is 2.35. The van der Waals surface area contributed by atoms with Crippen molar-refractivity contribution in [2.24, 2.45) is 0 Å². The lowest BCUT2D eigenvalue weighted by Gasteiger charge is -2.06. The predicted octanol–water partition coefficient (Wildman–Crippen LogP) is 5.68. The average molecular weight is 657 g/mol. The van der Waals surface area contributed by atoms with E-state index in [4.69, 9.17) is 9.47 Å². The highest BCUT2D eigenvalue weighted by molar-refractivity contribution is 6.22. The van der Waals surface area contributed by atoms with Crippen molar-refractivity contribution in [3.63, 3.8) is 0 Å². The molecule has 0 aliphatic heterocycles. The summed E-state index contributed by atoms with van der Waals surface area (Å²) in [5.74, 6) is -3.03. The lowest BCUT2D eigenvalue weighted by Crippen LogP contribution is -2.16. The van der Waals surface area contributed by atoms with Crippen LogP contribution in [0.3, 0.4) is 0 Å². The second-order valence-corrected chi connectivity index (χ2v) is 11.0. The van der Waals surface area contributed by atoms with Crippen LogP contribution in [0.4, 0.5) is 0 Å². The van der Waals surface area contributed by atoms with Crippen molar-refractivity contribution in [3.05, 3.63) is 142 Å². The summed E-state index contributed by atoms with van der Waals surface area (Å²) in [4.78, 5) is 55.5. The molecule has 0 N–H and O–H groups in total. The van der Waals surface area contributed by atoms with Crippen molar-refractivity contribution < 1.29 is 28.7 Å². The number of benzene rings is 3. The number of esters is 2. The summed E-state index contributed by atoms with van der Waals surface area (Å²) in [6.07, 6.45) is 2.84. The highest BCUT2D eigenvalue weighted by atomic mass is 16.5. The Balaban J connectivity index is 1.56. The first-order valence-corrected chi connectivity index (χ1v) is 15.6. The van der Waals surface area contributed by atoms with Crippen LogP contribution in [0.5, 0.6) is 0 Å². The molecule has 0 aliphatic carbocycles. The lowest BCUT2D eigenvalue weighted by molar-refractivity contribution is 0.0507. The summed E-state index contributed by atoms with van der Waals surface area (Å²) in [5.41, 5.74) is 2.13. The third-order valence-corrected chi connectivity index (χ3v) is 7.73. The fourth-order valence-corrected chi connectivity index (χ4v) is 5.34. The first kappa shape index (κ1) is 32.5. The molecule has 0 saturated heterocycles. The van der Waals surface area contributed by atoms with Gasteiger partial charge in [0.25, 0.3) is 0 Å². The van der Waals surface area contributed by atoms with Crippen LogP contribution in [-0.4, -0.2) is 66.1 Å². The number of para-hydroxylation sites is 2. The molecule has 0 fully saturated rings. The Kier molecular flexibility index (Phi) is 9.11. The lowest BCUT2D eigenvalue weighted by atomic mass is 9.97. The van der Waals surface area contributed by atoms with E-state index >= 15 is 0 Å². The zero-order chi connectivity index (χ0) is 34.7. The summed E-state index contributed by atoms with van der Waals surface area (Å²) < 4.78 is 14.8. The van der Waals surface area contributed by atoms with Crippen molar-refractivity contribution in [3.8, 4) is 17.1 Å². The number of hydrogen-bond acceptors (Lipinski definition) is 9. The summed E-state index contributed by atoms with van der Waals surface area (Å²) >= 11 is 0. The van der Waals surface area contributed by atoms with Crippen LogP contribution < -0.4 is 0 Å². The Morgan fingerprint density at radius 2 is 1.04 bits per heavy atom. The number of aryl methyl sites for hydroxylation is 1. The van der Waals surface area contributed by atoms with Crippen LogP contribution in [-0.2, 0) is 9.47 Å². The van der Waals surface area contributed by atoms with E-state index in [9.17, 15) is 19.2 Å². The molecule has 3 heterocycles. The van der Waals surface area contributed by atoms with E-state index in [1.54, 1.807) is 69.3 Å². The molecule has 12 nitrogen and oxygen atoms in total. The van der Waals surface area contributed by atoms with Crippen molar-refractivity contribution in [2.75, 3.05) is 13.2 Å². The number of rotatable bonds is 11. The molecule has 0 unspecified atom stereocenters. The molecular formula is C37H32N6O6. The molecule has 6 rings (SSSR count). The first-order chi connectivity index (χ1) is 23.7. The van der Waals surface area contributed by atoms with Gasteiger partial charge in [-0.1, -0.05) is 54.1 Å². The van der Waals surface area contributed by atoms with Gasteiger partial charge in [0.05, 0.1) is 52.7 Å². The largest absolute Gasteiger partial charge is 0.461 e. The van der Waals surface area contributed by atoms with Gasteiger partial charge in [-0.25, -0.2) is 23.6 Å². The molecular weight excluding hydrogens is 624 g/mol. The number of ether oxygens (including phenoxy) is 2. The van der Waals surface area contributed by atoms with Gasteiger partial charge in [-0.3, -0.25) is 9.59 Å². The molecule has 6 aromatic rings. The molecule has 3 aromatic carbocycles. The molecule has 0 amide bonds. The van der Waals surface area contributed by atoms with Crippen LogP contribution >= 0.6 is 0 Å². The van der Waals surface area contributed by atoms with Crippen molar-refractivity contribution in [2.45, 2.75) is 27.7 Å². The smallest absolute Gasteiger partial charge is 0.359 e. The van der Waals surface area contributed by atoms with Gasteiger partial charge >= 0.3 is 11.9 Å². The summed E-state index contributed by atoms with van der Waals surface area (Å²) in [5, 5.41) is 13.5. The van der Waals surface area contributed by atoms with E-state index in [1.165, 1.54) is 26.4 Å². The number of hydrogen-bond donors (Lipinski definition) is 0. The van der Waals surface area contributed by atoms with Crippen LogP contribution in [0.15, 0.2) is 97.3 Å². The van der Waals surface area contributed by atoms with Gasteiger partial charge in [0.15, 0.2) is 11.4 Å². The fourth-order valence-electron chi connectivity index (χ4n) is 5.34. The minimum Gasteiger partial charge on any atom is -0.461 e. The molecule has 0 saturated carbocycles. The Hall–Kier alpha value is -6.43. The third kappa shape index (κ3) is 6.31. The minimum absolute atomic E-state index is 0.0532. The summed E-state index contributed by atoms with van der Waals surface area (Å²) in [6.45, 7) is 7.00. The van der Waals surface area contributed by atoms with E-state index in [0.717, 1.165) is 5.56 Å². The first-order valence-electron chi connectivity index (χ1n) is 15.6. The van der Waals surface area contributed by atoms with Gasteiger partial charge < -0.3 is 9.47 Å². The molecule has 246 valence electrons. The Morgan fingerprint density at radius 1 is 0.571 bits per heavy atom. The second-order valence-electron chi connectivity index (χ2n) is 11.0. The number of nitrogens with zero attached hydrogens (tertiary/aromatic N) is 6. The van der Waals surface area contributed by atoms with E-state index in [1.807, 2.05) is 43.3 Å². The molecule has 0 radical (unpaired) electrons. The molecule has 12 heteroatoms. The monoisotopic (exact) mass is 656 g/mol. The van der Waals surface area contributed by atoms with Gasteiger partial charge in [0.1, 0.15) is 5.69 Å². The Bertz CT molecular complexity index is 2180. The topological polar surface area (TPSA) is 140 Å². The fraction of sp³-hybridized carbons (Fsp3) is 0.162. The van der Waals surface area contributed by atoms with Crippen molar-refractivity contribution >= 4 is 23.5 Å². The zero-order valence-electron chi connectivity index (χ0n) is 27.3. The molecule has 0 spiro atoms. The SMILES string of the molecule is CCOC(=O)c1nn(-c2ccccc2)cc1C(=O)c1nn(-c2ccc(C)cc2)c(C)c1C(=O)c1cn(-c2ccccc2)nc1C(=O)OCC. The van der Waals surface area contributed by atoms with Gasteiger partial charge in [0.2, 0.25) is 11.6 Å². The normalized spacial score (nSPS) is 10.9. The zero-order valence-corrected chi connectivity index (χ0v) is 27.3. The number of ketones is 2. The maximum Gasteiger partial charge on any atom is 0.359 e. The predicted molar refractivity (Wildman–Crippen MR) is 179 cm³/mol. The molecule has 3 aromatic heterocycles. The summed E-state index contributed by atoms with van der Waals surface area (Å²) in [6, 6.07) is 25.3. The van der Waals surface area contributed by atoms with E-state index < -0.39 is 23.5 Å². The molecule has 0 bridgehead atoms. The summed E-state index contributed by atoms with van der Waals surface area (Å²) in [7, 11) is 0. The van der Waals surface area contributed by atoms with Gasteiger partial charge in [0, 0.05) is 12.4 Å². The number of carbonyl (C=O) groups is 4. The Labute approximate surface area is 281 Å². The van der Waals surface area contributed by atoms with Crippen LogP contribution in [0, 0.1) is 13.8 Å². The molecule has 0 aliphatic rings. The standard InChI is InChI=1S/C37H32N6O6/c1-5-48-36(46)31-28(21-41(38-31)25-13-9-7-10-14-25)34(44)30-24(4)43(27-19-17-23(3)18-20-27)40-33(30)35(45)29-22-42(26-15-11-8-12-16-26)39-32(29)37(47)49-6-2/h7-22H,5-6H2,1-4H3. The minimum atomic E-state index is -0.808. The quantitative estimate of drug-likeness (QED) is 0.127. The van der Waals surface area contributed by atoms with Crippen LogP contribution in [0.1, 0.15) is 78.1 Å². The van der Waals surface area contributed by atoms with Gasteiger partial charge in [-0.05, 0) is 64.1 Å². The van der Waals surface area contributed by atoms with Gasteiger partial charge in [-0.15, -0.1) is 0 Å². The number of carbonyl (C=O) groups excluding carboxylic acids is 4. The highest BCUT2D eigenvalue weighted by Crippen LogP contribution is 2.28. The van der Waals surface area contributed by atoms with Crippen LogP contribution in [0.25, 0.3) is 17.1 Å². The second kappa shape index (κ2) is 13.7. The Morgan fingerprint density at radius 3 is 1.51 bits per heavy atom. The van der Waals surface area contributed by atoms with Crippen molar-refractivity contribution in [1.82, 2.24) is 29.3 Å². The van der Waals surface area contributed by atoms with E-state index in [2.05, 4.69) is 15.3 Å². The molecule has 49 heavy (non-hydrogen) atoms. The molecule has 0 atom stereocenters. The maximum absolute atomic E-state index is 14.7. The van der Waals surface area contributed by atoms with Gasteiger partial charge in [-0.2, -0.15) is 15.3 Å². The third-order valence-electron chi connectivity index (χ3n) is 7.73. The average Bonchev–Trinajstić information content (AvgIpc) is 3.85. The van der Waals surface area contributed by atoms with E-state index in [0.29, 0.717) is 22.8 Å². The maximum atomic E-state index is 14.7. The van der Waals surface area contributed by atoms with Crippen molar-refractivity contribution in [1.29, 1.82) is 0 Å².